The summed E-state index contributed by atoms with van der Waals surface area (Å²) in [4.78, 5) is 36.0. The molecule has 0 aliphatic carbocycles. The number of H-pyrrole nitrogens is 2. The number of aromatic nitrogens is 8. The first kappa shape index (κ1) is 24.5. The Labute approximate surface area is 247 Å². The summed E-state index contributed by atoms with van der Waals surface area (Å²) in [6.45, 7) is 0. The van der Waals surface area contributed by atoms with Gasteiger partial charge in [-0.05, 0) is 6.07 Å². The minimum Gasteiger partial charge on any atom is -0.324 e. The minimum absolute atomic E-state index is 0. The molecule has 3 aromatic heterocycles. The van der Waals surface area contributed by atoms with Gasteiger partial charge in [0.15, 0.2) is 23.3 Å². The largest absolute Gasteiger partial charge is 0.324 e. The van der Waals surface area contributed by atoms with Gasteiger partial charge in [-0.1, -0.05) is 84.9 Å². The number of aromatic amines is 2. The van der Waals surface area contributed by atoms with Gasteiger partial charge < -0.3 is 9.97 Å². The first-order valence-electron chi connectivity index (χ1n) is 13.1. The van der Waals surface area contributed by atoms with E-state index in [2.05, 4.69) is 9.97 Å². The summed E-state index contributed by atoms with van der Waals surface area (Å²) in [5, 5.41) is 2.75. The van der Waals surface area contributed by atoms with Crippen molar-refractivity contribution in [3.8, 4) is 45.6 Å². The van der Waals surface area contributed by atoms with E-state index in [1.807, 2.05) is 78.9 Å². The molecule has 2 N–H and O–H groups in total. The van der Waals surface area contributed by atoms with Crippen molar-refractivity contribution in [2.45, 2.75) is 0 Å². The Morgan fingerprint density at radius 1 is 0.405 bits per heavy atom. The molecule has 5 heterocycles. The Kier molecular flexibility index (Phi) is 5.31. The first-order chi connectivity index (χ1) is 20.2. The molecule has 0 spiro atoms. The molecule has 0 fully saturated rings. The van der Waals surface area contributed by atoms with Gasteiger partial charge in [0, 0.05) is 55.5 Å². The molecule has 7 aromatic rings. The second-order valence-corrected chi connectivity index (χ2v) is 9.91. The predicted octanol–water partition coefficient (Wildman–Crippen LogP) is 7.01. The van der Waals surface area contributed by atoms with Gasteiger partial charge in [-0.15, -0.1) is 0 Å². The van der Waals surface area contributed by atoms with E-state index in [9.17, 15) is 0 Å². The average Bonchev–Trinajstić information content (AvgIpc) is 3.73. The summed E-state index contributed by atoms with van der Waals surface area (Å²) in [6, 6.07) is 28.4. The number of hydrogen-bond acceptors (Lipinski definition) is 6. The van der Waals surface area contributed by atoms with Gasteiger partial charge in [0.25, 0.3) is 0 Å². The van der Waals surface area contributed by atoms with Gasteiger partial charge in [0.1, 0.15) is 28.4 Å². The normalized spacial score (nSPS) is 11.7. The Morgan fingerprint density at radius 2 is 0.786 bits per heavy atom. The van der Waals surface area contributed by atoms with E-state index in [1.54, 1.807) is 6.07 Å². The van der Waals surface area contributed by atoms with Crippen LogP contribution in [-0.4, -0.2) is 39.9 Å². The SMILES string of the molecule is Fc1cccc2c3nc4nc(nc5[nH]c(nc6nc(nc([nH]3)c12)-c1ccccc1-6)c1ccccc51)-c1ccccc1-4.[Cu]. The maximum Gasteiger partial charge on any atom is 0.164 e. The van der Waals surface area contributed by atoms with Crippen molar-refractivity contribution in [2.24, 2.45) is 0 Å². The van der Waals surface area contributed by atoms with Crippen LogP contribution in [0.25, 0.3) is 89.7 Å². The minimum atomic E-state index is -0.404. The maximum atomic E-state index is 15.3. The summed E-state index contributed by atoms with van der Waals surface area (Å²) in [7, 11) is 0. The zero-order valence-corrected chi connectivity index (χ0v) is 22.5. The Morgan fingerprint density at radius 3 is 1.29 bits per heavy atom. The van der Waals surface area contributed by atoms with Gasteiger partial charge in [-0.2, -0.15) is 0 Å². The molecule has 203 valence electrons. The molecule has 0 atom stereocenters. The van der Waals surface area contributed by atoms with Crippen LogP contribution >= 0.6 is 0 Å². The number of nitrogens with zero attached hydrogens (tertiary/aromatic N) is 6. The molecule has 2 aliphatic rings. The number of benzene rings is 4. The quantitative estimate of drug-likeness (QED) is 0.183. The van der Waals surface area contributed by atoms with E-state index in [1.165, 1.54) is 6.07 Å². The van der Waals surface area contributed by atoms with Crippen molar-refractivity contribution in [3.05, 3.63) is 96.8 Å². The van der Waals surface area contributed by atoms with Crippen LogP contribution in [0, 0.1) is 5.82 Å². The zero-order chi connectivity index (χ0) is 27.1. The zero-order valence-electron chi connectivity index (χ0n) is 21.5. The number of halogens is 1. The molecular formula is C32H17CuFN8. The van der Waals surface area contributed by atoms with Gasteiger partial charge in [0.2, 0.25) is 0 Å². The molecule has 0 saturated carbocycles. The molecule has 0 unspecified atom stereocenters. The van der Waals surface area contributed by atoms with Gasteiger partial charge in [0.05, 0.1) is 5.39 Å². The van der Waals surface area contributed by atoms with Crippen molar-refractivity contribution in [3.63, 3.8) is 0 Å². The molecule has 0 amide bonds. The van der Waals surface area contributed by atoms with Crippen molar-refractivity contribution >= 4 is 44.1 Å². The molecule has 1 radical (unpaired) electrons. The van der Waals surface area contributed by atoms with E-state index in [4.69, 9.17) is 29.9 Å². The van der Waals surface area contributed by atoms with Gasteiger partial charge in [-0.25, -0.2) is 34.3 Å². The molecule has 2 aliphatic heterocycles. The van der Waals surface area contributed by atoms with Crippen molar-refractivity contribution in [1.29, 1.82) is 0 Å². The number of hydrogen-bond donors (Lipinski definition) is 2. The second-order valence-electron chi connectivity index (χ2n) is 9.91. The molecular weight excluding hydrogens is 579 g/mol. The predicted molar refractivity (Wildman–Crippen MR) is 156 cm³/mol. The smallest absolute Gasteiger partial charge is 0.164 e. The fourth-order valence-corrected chi connectivity index (χ4v) is 5.65. The van der Waals surface area contributed by atoms with E-state index in [0.29, 0.717) is 56.7 Å². The standard InChI is InChI=1S/C32H17FN8.Cu/c33-23-15-7-14-22-24(23)32-40-30-21-13-6-5-12-20(21)28(38-30)36-26-17-9-2-1-8-16(17)25(34-26)35-27-18-10-3-4-11-19(18)29(37-27)39-31(22)41-32;/h1-15H,(H2,34,35,36,37,38,39,40,41);. The van der Waals surface area contributed by atoms with Crippen LogP contribution in [0.15, 0.2) is 91.0 Å². The van der Waals surface area contributed by atoms with Crippen molar-refractivity contribution in [2.75, 3.05) is 0 Å². The van der Waals surface area contributed by atoms with Crippen LogP contribution in [0.5, 0.6) is 0 Å². The van der Waals surface area contributed by atoms with E-state index < -0.39 is 5.82 Å². The number of fused-ring (bicyclic) bond motifs is 20. The van der Waals surface area contributed by atoms with Crippen LogP contribution in [0.1, 0.15) is 0 Å². The van der Waals surface area contributed by atoms with Crippen LogP contribution < -0.4 is 0 Å². The van der Waals surface area contributed by atoms with Crippen LogP contribution in [0.3, 0.4) is 0 Å². The molecule has 0 saturated heterocycles. The Balaban J connectivity index is 0.00000267. The fraction of sp³-hybridized carbons (Fsp3) is 0. The molecule has 10 heteroatoms. The Bertz CT molecular complexity index is 2410. The maximum absolute atomic E-state index is 15.3. The van der Waals surface area contributed by atoms with Crippen LogP contribution in [-0.2, 0) is 17.1 Å². The van der Waals surface area contributed by atoms with Crippen molar-refractivity contribution in [1.82, 2.24) is 39.9 Å². The molecule has 8 nitrogen and oxygen atoms in total. The topological polar surface area (TPSA) is 109 Å². The first-order valence-corrected chi connectivity index (χ1v) is 13.1. The van der Waals surface area contributed by atoms with Crippen LogP contribution in [0.2, 0.25) is 0 Å². The Hall–Kier alpha value is -5.31. The summed E-state index contributed by atoms with van der Waals surface area (Å²) < 4.78 is 15.3. The average molecular weight is 596 g/mol. The second kappa shape index (κ2) is 9.10. The third kappa shape index (κ3) is 3.52. The summed E-state index contributed by atoms with van der Waals surface area (Å²) in [5.41, 5.74) is 5.37. The van der Waals surface area contributed by atoms with E-state index >= 15 is 4.39 Å². The van der Waals surface area contributed by atoms with Gasteiger partial charge in [-0.3, -0.25) is 0 Å². The molecule has 42 heavy (non-hydrogen) atoms. The molecule has 4 aromatic carbocycles. The third-order valence-electron chi connectivity index (χ3n) is 7.53. The van der Waals surface area contributed by atoms with E-state index in [-0.39, 0.29) is 17.1 Å². The third-order valence-corrected chi connectivity index (χ3v) is 7.53. The summed E-state index contributed by atoms with van der Waals surface area (Å²) in [6.07, 6.45) is 0. The summed E-state index contributed by atoms with van der Waals surface area (Å²) >= 11 is 0. The number of rotatable bonds is 0. The van der Waals surface area contributed by atoms with Gasteiger partial charge >= 0.3 is 0 Å². The molecule has 9 rings (SSSR count). The van der Waals surface area contributed by atoms with Crippen molar-refractivity contribution < 1.29 is 21.5 Å². The van der Waals surface area contributed by atoms with E-state index in [0.717, 1.165) is 33.0 Å². The van der Waals surface area contributed by atoms with Crippen LogP contribution in [0.4, 0.5) is 4.39 Å². The number of nitrogens with one attached hydrogen (secondary N) is 2. The monoisotopic (exact) mass is 595 g/mol. The summed E-state index contributed by atoms with van der Waals surface area (Å²) in [5.74, 6) is 1.54. The molecule has 8 bridgehead atoms. The fourth-order valence-electron chi connectivity index (χ4n) is 5.65.